The molecule has 0 unspecified atom stereocenters. The van der Waals surface area contributed by atoms with E-state index in [2.05, 4.69) is 31.6 Å². The number of carbonyl (C=O) groups is 1. The number of fused-ring (bicyclic) bond motifs is 1. The number of hydrazone groups is 1. The van der Waals surface area contributed by atoms with Gasteiger partial charge in [0, 0.05) is 32.9 Å². The number of benzene rings is 1. The summed E-state index contributed by atoms with van der Waals surface area (Å²) in [7, 11) is 0. The highest BCUT2D eigenvalue weighted by Gasteiger charge is 2.17. The zero-order valence-electron chi connectivity index (χ0n) is 13.9. The zero-order valence-corrected chi connectivity index (χ0v) is 17.1. The number of rotatable bonds is 4. The Labute approximate surface area is 162 Å². The third-order valence-electron chi connectivity index (χ3n) is 3.78. The predicted octanol–water partition coefficient (Wildman–Crippen LogP) is 5.00. The van der Waals surface area contributed by atoms with Crippen LogP contribution in [-0.4, -0.2) is 21.4 Å². The first-order chi connectivity index (χ1) is 11.9. The normalized spacial score (nSPS) is 12.0. The van der Waals surface area contributed by atoms with E-state index in [-0.39, 0.29) is 5.91 Å². The first-order valence-electron chi connectivity index (χ1n) is 7.67. The highest BCUT2D eigenvalue weighted by Crippen LogP contribution is 2.36. The lowest BCUT2D eigenvalue weighted by Gasteiger charge is -2.01. The van der Waals surface area contributed by atoms with Crippen LogP contribution in [0.3, 0.4) is 0 Å². The molecule has 8 heteroatoms. The Hall–Kier alpha value is -1.70. The number of thiophene rings is 1. The third kappa shape index (κ3) is 3.63. The Morgan fingerprint density at radius 1 is 1.48 bits per heavy atom. The van der Waals surface area contributed by atoms with E-state index in [1.54, 1.807) is 0 Å². The monoisotopic (exact) mass is 438 g/mol. The molecule has 0 spiro atoms. The molecule has 0 radical (unpaired) electrons. The van der Waals surface area contributed by atoms with E-state index in [1.807, 2.05) is 49.8 Å². The highest BCUT2D eigenvalue weighted by molar-refractivity contribution is 9.10. The summed E-state index contributed by atoms with van der Waals surface area (Å²) >= 11 is 11.1. The van der Waals surface area contributed by atoms with Gasteiger partial charge in [0.25, 0.3) is 5.91 Å². The van der Waals surface area contributed by atoms with Gasteiger partial charge in [0.15, 0.2) is 0 Å². The molecule has 0 aliphatic rings. The van der Waals surface area contributed by atoms with Crippen LogP contribution in [0.15, 0.2) is 34.0 Å². The molecule has 1 amide bonds. The summed E-state index contributed by atoms with van der Waals surface area (Å²) in [5.41, 5.74) is 5.08. The van der Waals surface area contributed by atoms with Gasteiger partial charge in [0.2, 0.25) is 0 Å². The molecular formula is C17H16BrClN4OS. The lowest BCUT2D eigenvalue weighted by molar-refractivity contribution is 0.0959. The fourth-order valence-corrected chi connectivity index (χ4v) is 4.42. The van der Waals surface area contributed by atoms with Crippen molar-refractivity contribution in [3.05, 3.63) is 50.0 Å². The molecule has 5 nitrogen and oxygen atoms in total. The number of nitrogens with one attached hydrogen (secondary N) is 1. The number of halogens is 2. The number of hydrogen-bond acceptors (Lipinski definition) is 4. The van der Waals surface area contributed by atoms with Crippen LogP contribution >= 0.6 is 38.9 Å². The Bertz CT molecular complexity index is 992. The molecule has 0 atom stereocenters. The molecule has 2 heterocycles. The molecule has 1 N–H and O–H groups in total. The van der Waals surface area contributed by atoms with Crippen LogP contribution in [-0.2, 0) is 6.54 Å². The molecule has 0 saturated carbocycles. The van der Waals surface area contributed by atoms with Gasteiger partial charge in [-0.25, -0.2) is 5.43 Å². The molecule has 0 bridgehead atoms. The summed E-state index contributed by atoms with van der Waals surface area (Å²) in [6, 6.07) is 5.74. The Morgan fingerprint density at radius 3 is 2.92 bits per heavy atom. The summed E-state index contributed by atoms with van der Waals surface area (Å²) in [4.78, 5) is 12.9. The minimum atomic E-state index is -0.317. The molecule has 3 aromatic rings. The second kappa shape index (κ2) is 7.27. The summed E-state index contributed by atoms with van der Waals surface area (Å²) in [5, 5.41) is 9.91. The van der Waals surface area contributed by atoms with Crippen LogP contribution in [0.1, 0.15) is 34.8 Å². The van der Waals surface area contributed by atoms with Crippen molar-refractivity contribution in [2.24, 2.45) is 5.10 Å². The van der Waals surface area contributed by atoms with Crippen LogP contribution in [0, 0.1) is 6.92 Å². The van der Waals surface area contributed by atoms with E-state index in [0.717, 1.165) is 32.4 Å². The molecule has 3 rings (SSSR count). The second-order valence-electron chi connectivity index (χ2n) is 5.51. The van der Waals surface area contributed by atoms with E-state index >= 15 is 0 Å². The van der Waals surface area contributed by atoms with E-state index in [0.29, 0.717) is 15.6 Å². The van der Waals surface area contributed by atoms with Crippen molar-refractivity contribution >= 4 is 60.6 Å². The van der Waals surface area contributed by atoms with Crippen molar-refractivity contribution in [3.8, 4) is 0 Å². The van der Waals surface area contributed by atoms with Crippen molar-refractivity contribution in [3.63, 3.8) is 0 Å². The van der Waals surface area contributed by atoms with Gasteiger partial charge in [-0.2, -0.15) is 10.2 Å². The number of aryl methyl sites for hydroxylation is 2. The maximum atomic E-state index is 12.5. The SMILES string of the molecule is CCn1cc(/C(C)=N/NC(=O)c2sc3cc(Br)ccc3c2Cl)c(C)n1. The quantitative estimate of drug-likeness (QED) is 0.459. The number of amides is 1. The molecular weight excluding hydrogens is 424 g/mol. The van der Waals surface area contributed by atoms with E-state index in [1.165, 1.54) is 11.3 Å². The minimum absolute atomic E-state index is 0.317. The summed E-state index contributed by atoms with van der Waals surface area (Å²) < 4.78 is 3.74. The Morgan fingerprint density at radius 2 is 2.24 bits per heavy atom. The predicted molar refractivity (Wildman–Crippen MR) is 107 cm³/mol. The molecule has 130 valence electrons. The van der Waals surface area contributed by atoms with Crippen LogP contribution in [0.2, 0.25) is 5.02 Å². The Balaban J connectivity index is 1.84. The first kappa shape index (κ1) is 18.1. The largest absolute Gasteiger partial charge is 0.283 e. The number of aromatic nitrogens is 2. The van der Waals surface area contributed by atoms with Crippen LogP contribution in [0.25, 0.3) is 10.1 Å². The number of nitrogens with zero attached hydrogens (tertiary/aromatic N) is 3. The molecule has 2 aromatic heterocycles. The minimum Gasteiger partial charge on any atom is -0.272 e. The molecule has 0 fully saturated rings. The van der Waals surface area contributed by atoms with Crippen molar-refractivity contribution in [1.82, 2.24) is 15.2 Å². The second-order valence-corrected chi connectivity index (χ2v) is 7.85. The number of hydrogen-bond donors (Lipinski definition) is 1. The van der Waals surface area contributed by atoms with Gasteiger partial charge in [-0.15, -0.1) is 11.3 Å². The lowest BCUT2D eigenvalue weighted by Crippen LogP contribution is -2.18. The van der Waals surface area contributed by atoms with Gasteiger partial charge in [0.05, 0.1) is 16.4 Å². The fourth-order valence-electron chi connectivity index (χ4n) is 2.47. The Kier molecular flexibility index (Phi) is 5.27. The summed E-state index contributed by atoms with van der Waals surface area (Å²) in [6.07, 6.45) is 1.92. The van der Waals surface area contributed by atoms with Crippen LogP contribution in [0.4, 0.5) is 0 Å². The van der Waals surface area contributed by atoms with Gasteiger partial charge in [-0.1, -0.05) is 33.6 Å². The van der Waals surface area contributed by atoms with Gasteiger partial charge in [-0.05, 0) is 32.9 Å². The van der Waals surface area contributed by atoms with E-state index < -0.39 is 0 Å². The van der Waals surface area contributed by atoms with Gasteiger partial charge in [0.1, 0.15) is 4.88 Å². The van der Waals surface area contributed by atoms with Gasteiger partial charge >= 0.3 is 0 Å². The van der Waals surface area contributed by atoms with Gasteiger partial charge < -0.3 is 0 Å². The average Bonchev–Trinajstić information content (AvgIpc) is 3.12. The van der Waals surface area contributed by atoms with E-state index in [4.69, 9.17) is 11.6 Å². The van der Waals surface area contributed by atoms with Crippen molar-refractivity contribution in [1.29, 1.82) is 0 Å². The molecule has 1 aromatic carbocycles. The highest BCUT2D eigenvalue weighted by atomic mass is 79.9. The van der Waals surface area contributed by atoms with Crippen LogP contribution < -0.4 is 5.43 Å². The molecule has 25 heavy (non-hydrogen) atoms. The molecule has 0 aliphatic carbocycles. The van der Waals surface area contributed by atoms with Crippen molar-refractivity contribution in [2.75, 3.05) is 0 Å². The molecule has 0 aliphatic heterocycles. The maximum Gasteiger partial charge on any atom is 0.283 e. The standard InChI is InChI=1S/C17H16BrClN4OS/c1-4-23-8-13(10(3)22-23)9(2)20-21-17(24)16-15(19)12-6-5-11(18)7-14(12)25-16/h5-8H,4H2,1-3H3,(H,21,24)/b20-9+. The fraction of sp³-hybridized carbons (Fsp3) is 0.235. The zero-order chi connectivity index (χ0) is 18.1. The lowest BCUT2D eigenvalue weighted by atomic mass is 10.2. The maximum absolute atomic E-state index is 12.5. The summed E-state index contributed by atoms with van der Waals surface area (Å²) in [5.74, 6) is -0.317. The number of carbonyl (C=O) groups excluding carboxylic acids is 1. The third-order valence-corrected chi connectivity index (χ3v) is 5.93. The average molecular weight is 440 g/mol. The first-order valence-corrected chi connectivity index (χ1v) is 9.66. The summed E-state index contributed by atoms with van der Waals surface area (Å²) in [6.45, 7) is 6.57. The van der Waals surface area contributed by atoms with Crippen molar-refractivity contribution in [2.45, 2.75) is 27.3 Å². The van der Waals surface area contributed by atoms with Gasteiger partial charge in [-0.3, -0.25) is 9.48 Å². The topological polar surface area (TPSA) is 59.3 Å². The smallest absolute Gasteiger partial charge is 0.272 e. The van der Waals surface area contributed by atoms with Crippen LogP contribution in [0.5, 0.6) is 0 Å². The molecule has 0 saturated heterocycles. The van der Waals surface area contributed by atoms with Crippen molar-refractivity contribution < 1.29 is 4.79 Å². The van der Waals surface area contributed by atoms with E-state index in [9.17, 15) is 4.79 Å².